The van der Waals surface area contributed by atoms with E-state index in [4.69, 9.17) is 0 Å². The van der Waals surface area contributed by atoms with Crippen molar-refractivity contribution in [2.45, 2.75) is 13.8 Å². The Hall–Kier alpha value is -2.68. The molecule has 0 bridgehead atoms. The minimum absolute atomic E-state index is 0.0746. The van der Waals surface area contributed by atoms with Gasteiger partial charge in [-0.2, -0.15) is 0 Å². The molecule has 0 radical (unpaired) electrons. The third kappa shape index (κ3) is 2.92. The van der Waals surface area contributed by atoms with Gasteiger partial charge in [0.2, 0.25) is 0 Å². The van der Waals surface area contributed by atoms with Crippen LogP contribution in [0.2, 0.25) is 0 Å². The summed E-state index contributed by atoms with van der Waals surface area (Å²) in [5.74, 6) is -0.0746. The quantitative estimate of drug-likeness (QED) is 0.660. The molecule has 0 aliphatic heterocycles. The van der Waals surface area contributed by atoms with Crippen LogP contribution in [-0.4, -0.2) is 16.8 Å². The largest absolute Gasteiger partial charge is 0.298 e. The van der Waals surface area contributed by atoms with E-state index in [9.17, 15) is 9.59 Å². The van der Waals surface area contributed by atoms with Crippen molar-refractivity contribution in [2.24, 2.45) is 0 Å². The van der Waals surface area contributed by atoms with Crippen molar-refractivity contribution in [3.05, 3.63) is 71.9 Å². The van der Waals surface area contributed by atoms with Crippen molar-refractivity contribution < 1.29 is 9.59 Å². The molecular weight excluding hydrogens is 262 g/mol. The average Bonchev–Trinajstić information content (AvgIpc) is 2.99. The molecule has 3 heteroatoms. The van der Waals surface area contributed by atoms with Crippen LogP contribution in [0.4, 0.5) is 0 Å². The van der Waals surface area contributed by atoms with E-state index >= 15 is 0 Å². The number of fused-ring (bicyclic) bond motifs is 1. The third-order valence-corrected chi connectivity index (χ3v) is 3.09. The van der Waals surface area contributed by atoms with Crippen molar-refractivity contribution >= 4 is 23.1 Å². The smallest absolute Gasteiger partial charge is 0.262 e. The second-order valence-corrected chi connectivity index (χ2v) is 4.29. The van der Waals surface area contributed by atoms with Gasteiger partial charge < -0.3 is 0 Å². The second-order valence-electron chi connectivity index (χ2n) is 4.29. The van der Waals surface area contributed by atoms with Crippen LogP contribution < -0.4 is 0 Å². The second kappa shape index (κ2) is 6.66. The van der Waals surface area contributed by atoms with E-state index in [2.05, 4.69) is 0 Å². The number of aromatic nitrogens is 1. The topological polar surface area (TPSA) is 39.1 Å². The molecular formula is C18H17NO2. The zero-order valence-electron chi connectivity index (χ0n) is 12.1. The van der Waals surface area contributed by atoms with Crippen LogP contribution in [0.1, 0.15) is 34.6 Å². The zero-order chi connectivity index (χ0) is 15.2. The first-order valence-corrected chi connectivity index (χ1v) is 6.95. The predicted molar refractivity (Wildman–Crippen MR) is 84.8 cm³/mol. The van der Waals surface area contributed by atoms with Crippen molar-refractivity contribution in [2.75, 3.05) is 0 Å². The normalized spacial score (nSPS) is 9.81. The molecule has 0 amide bonds. The van der Waals surface area contributed by atoms with Gasteiger partial charge >= 0.3 is 0 Å². The molecule has 0 N–H and O–H groups in total. The fraction of sp³-hybridized carbons (Fsp3) is 0.111. The van der Waals surface area contributed by atoms with Crippen LogP contribution in [0.3, 0.4) is 0 Å². The summed E-state index contributed by atoms with van der Waals surface area (Å²) in [4.78, 5) is 23.1. The van der Waals surface area contributed by atoms with Gasteiger partial charge in [-0.25, -0.2) is 0 Å². The lowest BCUT2D eigenvalue weighted by molar-refractivity contribution is 0.0964. The average molecular weight is 279 g/mol. The number of benzene rings is 2. The first-order chi connectivity index (χ1) is 10.3. The molecule has 0 atom stereocenters. The summed E-state index contributed by atoms with van der Waals surface area (Å²) in [6.07, 6.45) is 2.53. The van der Waals surface area contributed by atoms with E-state index in [1.165, 1.54) is 0 Å². The summed E-state index contributed by atoms with van der Waals surface area (Å²) in [6.45, 7) is 4.00. The Balaban J connectivity index is 0.000000774. The van der Waals surface area contributed by atoms with Crippen molar-refractivity contribution in [3.63, 3.8) is 0 Å². The van der Waals surface area contributed by atoms with E-state index in [1.54, 1.807) is 41.1 Å². The van der Waals surface area contributed by atoms with Gasteiger partial charge in [0.05, 0.1) is 5.52 Å². The van der Waals surface area contributed by atoms with Crippen molar-refractivity contribution in [1.29, 1.82) is 0 Å². The van der Waals surface area contributed by atoms with Crippen molar-refractivity contribution in [3.8, 4) is 0 Å². The molecule has 0 unspecified atom stereocenters. The number of nitrogens with zero attached hydrogens (tertiary/aromatic N) is 1. The van der Waals surface area contributed by atoms with E-state index < -0.39 is 0 Å². The third-order valence-electron chi connectivity index (χ3n) is 3.09. The Morgan fingerprint density at radius 1 is 1.00 bits per heavy atom. The van der Waals surface area contributed by atoms with E-state index in [0.29, 0.717) is 11.1 Å². The minimum Gasteiger partial charge on any atom is -0.298 e. The molecule has 3 nitrogen and oxygen atoms in total. The molecule has 21 heavy (non-hydrogen) atoms. The molecule has 2 aromatic carbocycles. The number of carbonyl (C=O) groups excluding carboxylic acids is 2. The van der Waals surface area contributed by atoms with Gasteiger partial charge in [-0.05, 0) is 36.4 Å². The first kappa shape index (κ1) is 14.7. The fourth-order valence-corrected chi connectivity index (χ4v) is 2.13. The number of carbonyl (C=O) groups is 2. The molecule has 3 aromatic rings. The maximum Gasteiger partial charge on any atom is 0.262 e. The molecule has 1 heterocycles. The molecule has 0 saturated carbocycles. The maximum atomic E-state index is 12.4. The van der Waals surface area contributed by atoms with Gasteiger partial charge in [0.25, 0.3) is 5.91 Å². The van der Waals surface area contributed by atoms with Crippen molar-refractivity contribution in [1.82, 2.24) is 4.57 Å². The summed E-state index contributed by atoms with van der Waals surface area (Å²) in [7, 11) is 0. The highest BCUT2D eigenvalue weighted by atomic mass is 16.2. The molecule has 3 rings (SSSR count). The first-order valence-electron chi connectivity index (χ1n) is 6.95. The Morgan fingerprint density at radius 2 is 1.71 bits per heavy atom. The van der Waals surface area contributed by atoms with Gasteiger partial charge in [0.15, 0.2) is 0 Å². The summed E-state index contributed by atoms with van der Waals surface area (Å²) < 4.78 is 1.60. The molecule has 1 aromatic heterocycles. The number of aldehydes is 1. The highest BCUT2D eigenvalue weighted by Gasteiger charge is 2.10. The highest BCUT2D eigenvalue weighted by Crippen LogP contribution is 2.18. The van der Waals surface area contributed by atoms with Gasteiger partial charge in [-0.15, -0.1) is 0 Å². The van der Waals surface area contributed by atoms with Crippen LogP contribution in [0.5, 0.6) is 0 Å². The van der Waals surface area contributed by atoms with Gasteiger partial charge in [-0.3, -0.25) is 14.2 Å². The lowest BCUT2D eigenvalue weighted by Crippen LogP contribution is -2.10. The lowest BCUT2D eigenvalue weighted by Gasteiger charge is -2.04. The van der Waals surface area contributed by atoms with Gasteiger partial charge in [0, 0.05) is 22.7 Å². The minimum atomic E-state index is -0.0746. The fourth-order valence-electron chi connectivity index (χ4n) is 2.13. The van der Waals surface area contributed by atoms with E-state index in [0.717, 1.165) is 17.2 Å². The highest BCUT2D eigenvalue weighted by molar-refractivity contribution is 6.02. The zero-order valence-corrected chi connectivity index (χ0v) is 12.1. The Labute approximate surface area is 123 Å². The lowest BCUT2D eigenvalue weighted by atomic mass is 10.1. The van der Waals surface area contributed by atoms with E-state index in [1.807, 2.05) is 38.1 Å². The van der Waals surface area contributed by atoms with Gasteiger partial charge in [0.1, 0.15) is 6.29 Å². The Bertz CT molecular complexity index is 757. The van der Waals surface area contributed by atoms with Crippen LogP contribution in [0.15, 0.2) is 60.8 Å². The predicted octanol–water partition coefficient (Wildman–Crippen LogP) is 4.17. The molecule has 0 saturated heterocycles. The van der Waals surface area contributed by atoms with Gasteiger partial charge in [-0.1, -0.05) is 32.0 Å². The number of rotatable bonds is 2. The monoisotopic (exact) mass is 279 g/mol. The number of hydrogen-bond acceptors (Lipinski definition) is 2. The molecule has 106 valence electrons. The number of hydrogen-bond donors (Lipinski definition) is 0. The SMILES string of the molecule is CC.O=Cc1ccc2c(ccn2C(=O)c2ccccc2)c1. The molecule has 0 aliphatic carbocycles. The van der Waals surface area contributed by atoms with Crippen LogP contribution >= 0.6 is 0 Å². The summed E-state index contributed by atoms with van der Waals surface area (Å²) in [5, 5.41) is 0.883. The van der Waals surface area contributed by atoms with Crippen LogP contribution in [0.25, 0.3) is 10.9 Å². The maximum absolute atomic E-state index is 12.4. The molecule has 0 fully saturated rings. The summed E-state index contributed by atoms with van der Waals surface area (Å²) >= 11 is 0. The summed E-state index contributed by atoms with van der Waals surface area (Å²) in [6, 6.07) is 16.2. The standard InChI is InChI=1S/C16H11NO2.C2H6/c18-11-12-6-7-15-14(10-12)8-9-17(15)16(19)13-4-2-1-3-5-13;1-2/h1-11H;1-2H3. The molecule has 0 aliphatic rings. The Kier molecular flexibility index (Phi) is 4.67. The Morgan fingerprint density at radius 3 is 2.38 bits per heavy atom. The van der Waals surface area contributed by atoms with E-state index in [-0.39, 0.29) is 5.91 Å². The summed E-state index contributed by atoms with van der Waals surface area (Å²) in [5.41, 5.74) is 2.05. The van der Waals surface area contributed by atoms with Crippen LogP contribution in [-0.2, 0) is 0 Å². The molecule has 0 spiro atoms. The van der Waals surface area contributed by atoms with Crippen LogP contribution in [0, 0.1) is 0 Å².